The largest absolute Gasteiger partial charge is 0.573 e. The first-order valence-electron chi connectivity index (χ1n) is 9.08. The average molecular weight is 467 g/mol. The van der Waals surface area contributed by atoms with Gasteiger partial charge in [0.2, 0.25) is 0 Å². The molecule has 0 unspecified atom stereocenters. The molecule has 0 aliphatic rings. The second-order valence-electron chi connectivity index (χ2n) is 6.72. The lowest BCUT2D eigenvalue weighted by Crippen LogP contribution is -2.39. The maximum Gasteiger partial charge on any atom is 0.573 e. The number of aromatic nitrogens is 4. The van der Waals surface area contributed by atoms with Crippen LogP contribution in [-0.2, 0) is 13.6 Å². The van der Waals surface area contributed by atoms with Gasteiger partial charge in [-0.1, -0.05) is 29.8 Å². The van der Waals surface area contributed by atoms with Gasteiger partial charge >= 0.3 is 18.1 Å². The fourth-order valence-electron chi connectivity index (χ4n) is 3.03. The third kappa shape index (κ3) is 4.47. The summed E-state index contributed by atoms with van der Waals surface area (Å²) in [4.78, 5) is 32.4. The molecular formula is C20H14ClF3N4O4. The first kappa shape index (κ1) is 21.5. The predicted octanol–water partition coefficient (Wildman–Crippen LogP) is 3.82. The third-order valence-electron chi connectivity index (χ3n) is 4.47. The van der Waals surface area contributed by atoms with Gasteiger partial charge in [0, 0.05) is 18.1 Å². The first-order valence-corrected chi connectivity index (χ1v) is 9.46. The average Bonchev–Trinajstić information content (AvgIpc) is 3.14. The minimum atomic E-state index is -4.86. The van der Waals surface area contributed by atoms with Gasteiger partial charge in [-0.25, -0.2) is 4.79 Å². The van der Waals surface area contributed by atoms with Crippen molar-refractivity contribution in [2.24, 2.45) is 7.05 Å². The summed E-state index contributed by atoms with van der Waals surface area (Å²) in [5.74, 6) is -0.499. The number of imidazole rings is 1. The Kier molecular flexibility index (Phi) is 5.43. The van der Waals surface area contributed by atoms with E-state index in [9.17, 15) is 22.8 Å². The van der Waals surface area contributed by atoms with Crippen LogP contribution in [0.15, 0.2) is 58.1 Å². The first-order chi connectivity index (χ1) is 15.1. The van der Waals surface area contributed by atoms with Crippen LogP contribution in [-0.4, -0.2) is 25.5 Å². The number of aryl methyl sites for hydroxylation is 1. The molecule has 32 heavy (non-hydrogen) atoms. The minimum absolute atomic E-state index is 0.00115. The Balaban J connectivity index is 1.69. The van der Waals surface area contributed by atoms with Gasteiger partial charge in [0.05, 0.1) is 6.54 Å². The van der Waals surface area contributed by atoms with E-state index in [0.717, 1.165) is 16.7 Å². The number of rotatable bonds is 5. The Morgan fingerprint density at radius 3 is 2.47 bits per heavy atom. The molecule has 0 aliphatic carbocycles. The molecule has 8 nitrogen and oxygen atoms in total. The van der Waals surface area contributed by atoms with E-state index in [4.69, 9.17) is 16.3 Å². The molecule has 4 aromatic rings. The van der Waals surface area contributed by atoms with Crippen LogP contribution in [0, 0.1) is 0 Å². The summed E-state index contributed by atoms with van der Waals surface area (Å²) in [5, 5.41) is 0.518. The molecule has 2 aromatic heterocycles. The molecule has 2 aromatic carbocycles. The lowest BCUT2D eigenvalue weighted by atomic mass is 10.2. The van der Waals surface area contributed by atoms with Crippen molar-refractivity contribution in [1.29, 1.82) is 0 Å². The van der Waals surface area contributed by atoms with Gasteiger partial charge in [-0.15, -0.1) is 13.2 Å². The van der Waals surface area contributed by atoms with E-state index >= 15 is 0 Å². The SMILES string of the molecule is Cn1c(=O)n(Cc2ccc(Cl)cc2)c(=O)c2[nH]c(Oc3cccc(OC(F)(F)F)c3)nc21. The number of nitrogens with zero attached hydrogens (tertiary/aromatic N) is 3. The topological polar surface area (TPSA) is 91.1 Å². The Morgan fingerprint density at radius 2 is 1.78 bits per heavy atom. The van der Waals surface area contributed by atoms with Gasteiger partial charge in [-0.05, 0) is 29.8 Å². The van der Waals surface area contributed by atoms with Crippen molar-refractivity contribution in [3.63, 3.8) is 0 Å². The molecule has 1 N–H and O–H groups in total. The zero-order chi connectivity index (χ0) is 23.0. The van der Waals surface area contributed by atoms with Crippen LogP contribution in [0.1, 0.15) is 5.56 Å². The molecule has 2 heterocycles. The highest BCUT2D eigenvalue weighted by Gasteiger charge is 2.31. The van der Waals surface area contributed by atoms with Crippen molar-refractivity contribution in [2.45, 2.75) is 12.9 Å². The van der Waals surface area contributed by atoms with Gasteiger partial charge in [0.15, 0.2) is 11.2 Å². The van der Waals surface area contributed by atoms with Crippen molar-refractivity contribution in [3.05, 3.63) is 80.0 Å². The van der Waals surface area contributed by atoms with Gasteiger partial charge in [0.1, 0.15) is 11.5 Å². The van der Waals surface area contributed by atoms with E-state index in [-0.39, 0.29) is 29.5 Å². The number of hydrogen-bond donors (Lipinski definition) is 1. The Morgan fingerprint density at radius 1 is 1.09 bits per heavy atom. The molecule has 0 saturated heterocycles. The highest BCUT2D eigenvalue weighted by molar-refractivity contribution is 6.30. The molecule has 0 aliphatic heterocycles. The van der Waals surface area contributed by atoms with Crippen LogP contribution in [0.2, 0.25) is 5.02 Å². The Bertz CT molecular complexity index is 1410. The lowest BCUT2D eigenvalue weighted by Gasteiger charge is -2.09. The summed E-state index contributed by atoms with van der Waals surface area (Å²) in [6, 6.07) is 11.3. The van der Waals surface area contributed by atoms with Crippen molar-refractivity contribution >= 4 is 22.8 Å². The number of nitrogens with one attached hydrogen (secondary N) is 1. The third-order valence-corrected chi connectivity index (χ3v) is 4.72. The molecule has 0 radical (unpaired) electrons. The van der Waals surface area contributed by atoms with Crippen molar-refractivity contribution in [2.75, 3.05) is 0 Å². The maximum atomic E-state index is 12.9. The summed E-state index contributed by atoms with van der Waals surface area (Å²) in [7, 11) is 1.44. The monoisotopic (exact) mass is 466 g/mol. The fraction of sp³-hybridized carbons (Fsp3) is 0.150. The summed E-state index contributed by atoms with van der Waals surface area (Å²) < 4.78 is 48.8. The second-order valence-corrected chi connectivity index (χ2v) is 7.16. The molecule has 0 saturated carbocycles. The molecule has 0 amide bonds. The van der Waals surface area contributed by atoms with E-state index in [1.807, 2.05) is 0 Å². The zero-order valence-corrected chi connectivity index (χ0v) is 17.1. The standard InChI is InChI=1S/C20H14ClF3N4O4/c1-27-16-15(17(29)28(19(27)30)10-11-5-7-12(21)8-6-11)25-18(26-16)31-13-3-2-4-14(9-13)32-20(22,23)24/h2-9H,10H2,1H3,(H,25,26). The van der Waals surface area contributed by atoms with Crippen LogP contribution in [0.3, 0.4) is 0 Å². The molecular weight excluding hydrogens is 453 g/mol. The molecule has 12 heteroatoms. The molecule has 0 fully saturated rings. The number of fused-ring (bicyclic) bond motifs is 1. The highest BCUT2D eigenvalue weighted by atomic mass is 35.5. The second kappa shape index (κ2) is 8.08. The highest BCUT2D eigenvalue weighted by Crippen LogP contribution is 2.28. The fourth-order valence-corrected chi connectivity index (χ4v) is 3.16. The summed E-state index contributed by atoms with van der Waals surface area (Å²) in [5.41, 5.74) is -0.514. The van der Waals surface area contributed by atoms with Crippen LogP contribution in [0.4, 0.5) is 13.2 Å². The number of aromatic amines is 1. The Hall–Kier alpha value is -3.73. The minimum Gasteiger partial charge on any atom is -0.425 e. The summed E-state index contributed by atoms with van der Waals surface area (Å²) in [6.45, 7) is 0.00462. The maximum absolute atomic E-state index is 12.9. The summed E-state index contributed by atoms with van der Waals surface area (Å²) >= 11 is 5.87. The number of alkyl halides is 3. The smallest absolute Gasteiger partial charge is 0.425 e. The van der Waals surface area contributed by atoms with Crippen molar-refractivity contribution in [1.82, 2.24) is 19.1 Å². The van der Waals surface area contributed by atoms with E-state index in [0.29, 0.717) is 10.6 Å². The number of halogens is 4. The molecule has 0 atom stereocenters. The van der Waals surface area contributed by atoms with Gasteiger partial charge in [0.25, 0.3) is 5.56 Å². The van der Waals surface area contributed by atoms with Crippen LogP contribution < -0.4 is 20.7 Å². The van der Waals surface area contributed by atoms with E-state index in [1.54, 1.807) is 24.3 Å². The summed E-state index contributed by atoms with van der Waals surface area (Å²) in [6.07, 6.45) is -4.86. The molecule has 4 rings (SSSR count). The van der Waals surface area contributed by atoms with Gasteiger partial charge < -0.3 is 14.5 Å². The number of benzene rings is 2. The van der Waals surface area contributed by atoms with E-state index < -0.39 is 23.4 Å². The quantitative estimate of drug-likeness (QED) is 0.483. The van der Waals surface area contributed by atoms with Crippen molar-refractivity contribution in [3.8, 4) is 17.5 Å². The normalized spacial score (nSPS) is 11.7. The lowest BCUT2D eigenvalue weighted by molar-refractivity contribution is -0.274. The van der Waals surface area contributed by atoms with Gasteiger partial charge in [-0.3, -0.25) is 13.9 Å². The number of hydrogen-bond acceptors (Lipinski definition) is 5. The van der Waals surface area contributed by atoms with E-state index in [1.165, 1.54) is 23.7 Å². The van der Waals surface area contributed by atoms with Gasteiger partial charge in [-0.2, -0.15) is 4.98 Å². The zero-order valence-electron chi connectivity index (χ0n) is 16.3. The predicted molar refractivity (Wildman–Crippen MR) is 109 cm³/mol. The number of ether oxygens (including phenoxy) is 2. The molecule has 166 valence electrons. The van der Waals surface area contributed by atoms with E-state index in [2.05, 4.69) is 14.7 Å². The molecule has 0 bridgehead atoms. The van der Waals surface area contributed by atoms with Crippen molar-refractivity contribution < 1.29 is 22.6 Å². The number of H-pyrrole nitrogens is 1. The van der Waals surface area contributed by atoms with Crippen LogP contribution in [0.25, 0.3) is 11.2 Å². The van der Waals surface area contributed by atoms with Crippen LogP contribution in [0.5, 0.6) is 17.5 Å². The van der Waals surface area contributed by atoms with Crippen LogP contribution >= 0.6 is 11.6 Å². The Labute approximate surface area is 182 Å². The molecule has 0 spiro atoms.